The summed E-state index contributed by atoms with van der Waals surface area (Å²) in [5, 5.41) is 12.2. The van der Waals surface area contributed by atoms with Gasteiger partial charge >= 0.3 is 0 Å². The van der Waals surface area contributed by atoms with Crippen LogP contribution in [0, 0.1) is 0 Å². The number of likely N-dealkylation sites (N-methyl/N-ethyl adjacent to an activating group) is 1. The van der Waals surface area contributed by atoms with E-state index in [9.17, 15) is 4.79 Å². The molecular weight excluding hydrogens is 434 g/mol. The van der Waals surface area contributed by atoms with Crippen LogP contribution < -0.4 is 5.32 Å². The minimum atomic E-state index is 0.0451. The first-order chi connectivity index (χ1) is 15.1. The van der Waals surface area contributed by atoms with Crippen molar-refractivity contribution in [3.05, 3.63) is 53.2 Å². The number of rotatable bonds is 4. The molecule has 2 aromatic carbocycles. The molecule has 5 rings (SSSR count). The van der Waals surface area contributed by atoms with Gasteiger partial charge in [-0.15, -0.1) is 0 Å². The summed E-state index contributed by atoms with van der Waals surface area (Å²) >= 11 is 7.73. The normalized spacial score (nSPS) is 14.8. The number of carbonyl (C=O) groups is 1. The average Bonchev–Trinajstić information content (AvgIpc) is 3.46. The Hall–Kier alpha value is -3.01. The van der Waals surface area contributed by atoms with Gasteiger partial charge in [-0.25, -0.2) is 0 Å². The number of amides is 1. The standard InChI is InChI=1S/C21H20ClN7OS/c1-28-7-9-29(10-8-28)20(30)14-4-2-3-13(11-14)19-25-21(31-27-19)24-17-6-5-16-15(18(17)22)12-23-26-16/h2-6,11-12H,7-10H2,1H3,(H,23,26)(H,24,25,27). The number of anilines is 2. The fourth-order valence-corrected chi connectivity index (χ4v) is 4.43. The van der Waals surface area contributed by atoms with Gasteiger partial charge in [0, 0.05) is 54.2 Å². The van der Waals surface area contributed by atoms with Crippen molar-refractivity contribution < 1.29 is 4.79 Å². The molecule has 4 aromatic rings. The quantitative estimate of drug-likeness (QED) is 0.487. The maximum atomic E-state index is 12.9. The van der Waals surface area contributed by atoms with Crippen LogP contribution >= 0.6 is 23.1 Å². The van der Waals surface area contributed by atoms with E-state index >= 15 is 0 Å². The molecule has 2 aromatic heterocycles. The third-order valence-electron chi connectivity index (χ3n) is 5.38. The molecule has 0 saturated carbocycles. The fraction of sp³-hybridized carbons (Fsp3) is 0.238. The Morgan fingerprint density at radius 2 is 2.03 bits per heavy atom. The van der Waals surface area contributed by atoms with Gasteiger partial charge in [-0.2, -0.15) is 14.5 Å². The summed E-state index contributed by atoms with van der Waals surface area (Å²) < 4.78 is 4.46. The highest BCUT2D eigenvalue weighted by atomic mass is 35.5. The predicted molar refractivity (Wildman–Crippen MR) is 123 cm³/mol. The Morgan fingerprint density at radius 1 is 1.19 bits per heavy atom. The van der Waals surface area contributed by atoms with Crippen LogP contribution in [0.1, 0.15) is 10.4 Å². The van der Waals surface area contributed by atoms with Crippen LogP contribution in [0.3, 0.4) is 0 Å². The van der Waals surface area contributed by atoms with Gasteiger partial charge in [0.25, 0.3) is 5.91 Å². The number of H-pyrrole nitrogens is 1. The highest BCUT2D eigenvalue weighted by molar-refractivity contribution is 7.10. The van der Waals surface area contributed by atoms with E-state index in [4.69, 9.17) is 11.6 Å². The highest BCUT2D eigenvalue weighted by Gasteiger charge is 2.21. The van der Waals surface area contributed by atoms with Crippen LogP contribution in [-0.4, -0.2) is 68.5 Å². The molecule has 3 heterocycles. The first-order valence-corrected chi connectivity index (χ1v) is 11.0. The third kappa shape index (κ3) is 3.99. The summed E-state index contributed by atoms with van der Waals surface area (Å²) in [7, 11) is 2.07. The lowest BCUT2D eigenvalue weighted by Gasteiger charge is -2.32. The van der Waals surface area contributed by atoms with Crippen molar-refractivity contribution in [2.24, 2.45) is 0 Å². The smallest absolute Gasteiger partial charge is 0.253 e. The lowest BCUT2D eigenvalue weighted by Crippen LogP contribution is -2.47. The SMILES string of the molecule is CN1CCN(C(=O)c2cccc(-c3nsc(Nc4ccc5[nH]ncc5c4Cl)n3)c2)CC1. The van der Waals surface area contributed by atoms with E-state index in [0.29, 0.717) is 21.5 Å². The number of carbonyl (C=O) groups excluding carboxylic acids is 1. The molecule has 31 heavy (non-hydrogen) atoms. The Morgan fingerprint density at radius 3 is 2.87 bits per heavy atom. The average molecular weight is 454 g/mol. The molecule has 10 heteroatoms. The summed E-state index contributed by atoms with van der Waals surface area (Å²) in [6.45, 7) is 3.26. The highest BCUT2D eigenvalue weighted by Crippen LogP contribution is 2.33. The van der Waals surface area contributed by atoms with Crippen LogP contribution in [0.2, 0.25) is 5.02 Å². The Labute approximate surface area is 188 Å². The predicted octanol–water partition coefficient (Wildman–Crippen LogP) is 3.87. The zero-order chi connectivity index (χ0) is 21.4. The molecule has 1 amide bonds. The maximum Gasteiger partial charge on any atom is 0.253 e. The number of fused-ring (bicyclic) bond motifs is 1. The van der Waals surface area contributed by atoms with Crippen molar-refractivity contribution in [2.75, 3.05) is 38.5 Å². The van der Waals surface area contributed by atoms with Crippen molar-refractivity contribution in [1.29, 1.82) is 0 Å². The Bertz CT molecular complexity index is 1250. The van der Waals surface area contributed by atoms with Gasteiger partial charge in [0.1, 0.15) is 0 Å². The number of benzene rings is 2. The second-order valence-electron chi connectivity index (χ2n) is 7.48. The molecule has 1 fully saturated rings. The number of aromatic nitrogens is 4. The summed E-state index contributed by atoms with van der Waals surface area (Å²) in [4.78, 5) is 21.6. The molecule has 8 nitrogen and oxygen atoms in total. The van der Waals surface area contributed by atoms with Crippen LogP contribution in [-0.2, 0) is 0 Å². The topological polar surface area (TPSA) is 90.0 Å². The number of nitrogens with zero attached hydrogens (tertiary/aromatic N) is 5. The third-order valence-corrected chi connectivity index (χ3v) is 6.42. The number of aromatic amines is 1. The lowest BCUT2D eigenvalue weighted by molar-refractivity contribution is 0.0664. The minimum Gasteiger partial charge on any atom is -0.336 e. The Balaban J connectivity index is 1.35. The number of hydrogen-bond acceptors (Lipinski definition) is 7. The first kappa shape index (κ1) is 19.9. The van der Waals surface area contributed by atoms with Gasteiger partial charge in [-0.05, 0) is 31.3 Å². The molecule has 0 spiro atoms. The monoisotopic (exact) mass is 453 g/mol. The molecule has 0 aliphatic carbocycles. The van der Waals surface area contributed by atoms with Gasteiger partial charge in [-0.3, -0.25) is 9.89 Å². The van der Waals surface area contributed by atoms with Crippen molar-refractivity contribution in [1.82, 2.24) is 29.4 Å². The molecule has 1 saturated heterocycles. The van der Waals surface area contributed by atoms with Crippen molar-refractivity contribution >= 4 is 50.8 Å². The molecule has 0 atom stereocenters. The van der Waals surface area contributed by atoms with Crippen molar-refractivity contribution in [3.63, 3.8) is 0 Å². The van der Waals surface area contributed by atoms with Gasteiger partial charge in [0.2, 0.25) is 5.13 Å². The second kappa shape index (κ2) is 8.26. The number of hydrogen-bond donors (Lipinski definition) is 2. The second-order valence-corrected chi connectivity index (χ2v) is 8.61. The van der Waals surface area contributed by atoms with Crippen LogP contribution in [0.5, 0.6) is 0 Å². The largest absolute Gasteiger partial charge is 0.336 e. The van der Waals surface area contributed by atoms with Gasteiger partial charge in [-0.1, -0.05) is 23.7 Å². The van der Waals surface area contributed by atoms with Crippen molar-refractivity contribution in [2.45, 2.75) is 0 Å². The molecule has 0 radical (unpaired) electrons. The molecule has 0 bridgehead atoms. The summed E-state index contributed by atoms with van der Waals surface area (Å²) in [5.41, 5.74) is 3.06. The summed E-state index contributed by atoms with van der Waals surface area (Å²) in [6.07, 6.45) is 1.69. The Kier molecular flexibility index (Phi) is 5.31. The minimum absolute atomic E-state index is 0.0451. The number of nitrogens with one attached hydrogen (secondary N) is 2. The first-order valence-electron chi connectivity index (χ1n) is 9.89. The molecule has 2 N–H and O–H groups in total. The van der Waals surface area contributed by atoms with Crippen LogP contribution in [0.4, 0.5) is 10.8 Å². The molecular formula is C21H20ClN7OS. The van der Waals surface area contributed by atoms with Crippen LogP contribution in [0.25, 0.3) is 22.3 Å². The number of halogens is 1. The maximum absolute atomic E-state index is 12.9. The summed E-state index contributed by atoms with van der Waals surface area (Å²) in [5.74, 6) is 0.616. The van der Waals surface area contributed by atoms with E-state index in [1.54, 1.807) is 6.20 Å². The van der Waals surface area contributed by atoms with E-state index in [1.165, 1.54) is 11.5 Å². The fourth-order valence-electron chi connectivity index (χ4n) is 3.57. The van der Waals surface area contributed by atoms with Crippen molar-refractivity contribution in [3.8, 4) is 11.4 Å². The van der Waals surface area contributed by atoms with E-state index in [1.807, 2.05) is 41.3 Å². The number of piperazine rings is 1. The van der Waals surface area contributed by atoms with E-state index in [0.717, 1.165) is 48.3 Å². The van der Waals surface area contributed by atoms with Gasteiger partial charge in [0.05, 0.1) is 22.4 Å². The molecule has 158 valence electrons. The van der Waals surface area contributed by atoms with E-state index in [-0.39, 0.29) is 5.91 Å². The van der Waals surface area contributed by atoms with Gasteiger partial charge in [0.15, 0.2) is 5.82 Å². The molecule has 1 aliphatic rings. The van der Waals surface area contributed by atoms with E-state index in [2.05, 4.69) is 36.8 Å². The zero-order valence-electron chi connectivity index (χ0n) is 16.8. The zero-order valence-corrected chi connectivity index (χ0v) is 18.4. The van der Waals surface area contributed by atoms with Gasteiger partial charge < -0.3 is 15.1 Å². The molecule has 0 unspecified atom stereocenters. The van der Waals surface area contributed by atoms with E-state index < -0.39 is 0 Å². The summed E-state index contributed by atoms with van der Waals surface area (Å²) in [6, 6.07) is 11.3. The van der Waals surface area contributed by atoms with Crippen LogP contribution in [0.15, 0.2) is 42.6 Å². The lowest BCUT2D eigenvalue weighted by atomic mass is 10.1. The molecule has 1 aliphatic heterocycles.